The van der Waals surface area contributed by atoms with Crippen molar-refractivity contribution in [3.05, 3.63) is 80.3 Å². The summed E-state index contributed by atoms with van der Waals surface area (Å²) < 4.78 is 7.37. The minimum atomic E-state index is -0.516. The lowest BCUT2D eigenvalue weighted by atomic mass is 10.1. The number of nitrogens with zero attached hydrogens (tertiary/aromatic N) is 2. The van der Waals surface area contributed by atoms with Crippen molar-refractivity contribution in [2.24, 2.45) is 0 Å². The Labute approximate surface area is 145 Å². The van der Waals surface area contributed by atoms with Gasteiger partial charge >= 0.3 is 5.97 Å². The Hall–Kier alpha value is -2.51. The molecule has 0 atom stereocenters. The van der Waals surface area contributed by atoms with E-state index in [1.54, 1.807) is 42.6 Å². The average molecular weight is 389 g/mol. The van der Waals surface area contributed by atoms with Crippen LogP contribution in [-0.2, 0) is 18.0 Å². The number of ether oxygens (including phenoxy) is 1. The Balaban J connectivity index is 1.76. The van der Waals surface area contributed by atoms with Crippen LogP contribution in [0.3, 0.4) is 0 Å². The lowest BCUT2D eigenvalue weighted by Gasteiger charge is -2.07. The SMILES string of the molecule is O=C(OCc1cc(=O)n2cc(Br)ccc2n1)c1ccc(CO)cc1. The Bertz CT molecular complexity index is 951. The van der Waals surface area contributed by atoms with E-state index in [0.717, 1.165) is 4.47 Å². The summed E-state index contributed by atoms with van der Waals surface area (Å²) in [6.07, 6.45) is 1.63. The number of hydrogen-bond acceptors (Lipinski definition) is 5. The number of pyridine rings is 1. The second-order valence-electron chi connectivity index (χ2n) is 5.09. The number of aromatic nitrogens is 2. The lowest BCUT2D eigenvalue weighted by Crippen LogP contribution is -2.16. The van der Waals surface area contributed by atoms with Crippen LogP contribution in [0.4, 0.5) is 0 Å². The third-order valence-corrected chi connectivity index (χ3v) is 3.87. The highest BCUT2D eigenvalue weighted by atomic mass is 79.9. The monoisotopic (exact) mass is 388 g/mol. The van der Waals surface area contributed by atoms with Crippen LogP contribution in [0.15, 0.2) is 57.9 Å². The standard InChI is InChI=1S/C17H13BrN2O4/c18-13-5-6-15-19-14(7-16(22)20(15)8-13)10-24-17(23)12-3-1-11(9-21)2-4-12/h1-8,21H,9-10H2. The molecule has 7 heteroatoms. The maximum absolute atomic E-state index is 12.1. The molecule has 0 spiro atoms. The molecular formula is C17H13BrN2O4. The van der Waals surface area contributed by atoms with E-state index >= 15 is 0 Å². The van der Waals surface area contributed by atoms with Crippen molar-refractivity contribution in [3.8, 4) is 0 Å². The molecule has 1 N–H and O–H groups in total. The number of rotatable bonds is 4. The number of hydrogen-bond donors (Lipinski definition) is 1. The van der Waals surface area contributed by atoms with E-state index in [2.05, 4.69) is 20.9 Å². The van der Waals surface area contributed by atoms with Crippen LogP contribution in [0.2, 0.25) is 0 Å². The Kier molecular flexibility index (Phi) is 4.73. The number of aliphatic hydroxyl groups is 1. The van der Waals surface area contributed by atoms with Crippen molar-refractivity contribution < 1.29 is 14.6 Å². The molecule has 0 saturated heterocycles. The van der Waals surface area contributed by atoms with Gasteiger partial charge in [0.1, 0.15) is 12.3 Å². The summed E-state index contributed by atoms with van der Waals surface area (Å²) in [5, 5.41) is 8.99. The molecule has 3 aromatic rings. The molecular weight excluding hydrogens is 376 g/mol. The smallest absolute Gasteiger partial charge is 0.338 e. The first-order chi connectivity index (χ1) is 11.6. The predicted molar refractivity (Wildman–Crippen MR) is 90.6 cm³/mol. The molecule has 122 valence electrons. The number of aliphatic hydroxyl groups excluding tert-OH is 1. The first kappa shape index (κ1) is 16.4. The highest BCUT2D eigenvalue weighted by Gasteiger charge is 2.09. The summed E-state index contributed by atoms with van der Waals surface area (Å²) >= 11 is 3.30. The van der Waals surface area contributed by atoms with Gasteiger partial charge in [0.05, 0.1) is 17.9 Å². The zero-order chi connectivity index (χ0) is 17.1. The lowest BCUT2D eigenvalue weighted by molar-refractivity contribution is 0.0467. The number of benzene rings is 1. The van der Waals surface area contributed by atoms with Crippen LogP contribution in [-0.4, -0.2) is 20.5 Å². The molecule has 3 rings (SSSR count). The fraction of sp³-hybridized carbons (Fsp3) is 0.118. The van der Waals surface area contributed by atoms with Crippen molar-refractivity contribution >= 4 is 27.5 Å². The number of halogens is 1. The van der Waals surface area contributed by atoms with Gasteiger partial charge in [-0.25, -0.2) is 9.78 Å². The van der Waals surface area contributed by atoms with Crippen LogP contribution in [0.1, 0.15) is 21.6 Å². The maximum atomic E-state index is 12.1. The van der Waals surface area contributed by atoms with E-state index in [9.17, 15) is 9.59 Å². The van der Waals surface area contributed by atoms with Crippen molar-refractivity contribution in [1.82, 2.24) is 9.38 Å². The molecule has 2 heterocycles. The third kappa shape index (κ3) is 3.52. The Morgan fingerprint density at radius 2 is 1.96 bits per heavy atom. The number of carbonyl (C=O) groups is 1. The molecule has 0 fully saturated rings. The number of carbonyl (C=O) groups excluding carboxylic acids is 1. The van der Waals surface area contributed by atoms with E-state index in [0.29, 0.717) is 22.5 Å². The van der Waals surface area contributed by atoms with Gasteiger partial charge in [-0.05, 0) is 45.8 Å². The fourth-order valence-corrected chi connectivity index (χ4v) is 2.51. The molecule has 0 radical (unpaired) electrons. The molecule has 1 aromatic carbocycles. The molecule has 6 nitrogen and oxygen atoms in total. The summed E-state index contributed by atoms with van der Waals surface area (Å²) in [4.78, 5) is 28.4. The first-order valence-corrected chi connectivity index (χ1v) is 7.91. The molecule has 0 saturated carbocycles. The average Bonchev–Trinajstić information content (AvgIpc) is 2.60. The normalized spacial score (nSPS) is 10.8. The minimum absolute atomic E-state index is 0.0869. The van der Waals surface area contributed by atoms with Crippen molar-refractivity contribution in [1.29, 1.82) is 0 Å². The van der Waals surface area contributed by atoms with Gasteiger partial charge in [-0.3, -0.25) is 9.20 Å². The Morgan fingerprint density at radius 3 is 2.67 bits per heavy atom. The molecule has 0 bridgehead atoms. The predicted octanol–water partition coefficient (Wildman–Crippen LogP) is 2.31. The van der Waals surface area contributed by atoms with Crippen molar-refractivity contribution in [3.63, 3.8) is 0 Å². The zero-order valence-corrected chi connectivity index (χ0v) is 14.1. The highest BCUT2D eigenvalue weighted by molar-refractivity contribution is 9.10. The second-order valence-corrected chi connectivity index (χ2v) is 6.01. The van der Waals surface area contributed by atoms with Gasteiger partial charge in [0.25, 0.3) is 5.56 Å². The van der Waals surface area contributed by atoms with Crippen molar-refractivity contribution in [2.75, 3.05) is 0 Å². The van der Waals surface area contributed by atoms with Crippen LogP contribution >= 0.6 is 15.9 Å². The molecule has 0 amide bonds. The number of esters is 1. The minimum Gasteiger partial charge on any atom is -0.456 e. The summed E-state index contributed by atoms with van der Waals surface area (Å²) in [6, 6.07) is 11.3. The fourth-order valence-electron chi connectivity index (χ4n) is 2.17. The van der Waals surface area contributed by atoms with E-state index in [1.807, 2.05) is 0 Å². The molecule has 0 aliphatic carbocycles. The first-order valence-electron chi connectivity index (χ1n) is 7.11. The molecule has 0 unspecified atom stereocenters. The molecule has 2 aromatic heterocycles. The van der Waals surface area contributed by atoms with E-state index in [4.69, 9.17) is 9.84 Å². The Morgan fingerprint density at radius 1 is 1.21 bits per heavy atom. The maximum Gasteiger partial charge on any atom is 0.338 e. The van der Waals surface area contributed by atoms with Crippen LogP contribution < -0.4 is 5.56 Å². The quantitative estimate of drug-likeness (QED) is 0.693. The van der Waals surface area contributed by atoms with Gasteiger partial charge in [0.2, 0.25) is 0 Å². The second kappa shape index (κ2) is 6.94. The molecule has 0 aliphatic heterocycles. The zero-order valence-electron chi connectivity index (χ0n) is 12.5. The summed E-state index contributed by atoms with van der Waals surface area (Å²) in [5.41, 5.74) is 1.68. The highest BCUT2D eigenvalue weighted by Crippen LogP contribution is 2.11. The topological polar surface area (TPSA) is 80.9 Å². The molecule has 0 aliphatic rings. The van der Waals surface area contributed by atoms with Gasteiger partial charge in [-0.1, -0.05) is 12.1 Å². The third-order valence-electron chi connectivity index (χ3n) is 3.40. The number of fused-ring (bicyclic) bond motifs is 1. The van der Waals surface area contributed by atoms with Crippen LogP contribution in [0, 0.1) is 0 Å². The summed E-state index contributed by atoms with van der Waals surface area (Å²) in [6.45, 7) is -0.182. The summed E-state index contributed by atoms with van der Waals surface area (Å²) in [7, 11) is 0. The van der Waals surface area contributed by atoms with Gasteiger partial charge < -0.3 is 9.84 Å². The van der Waals surface area contributed by atoms with E-state index in [1.165, 1.54) is 10.5 Å². The van der Waals surface area contributed by atoms with E-state index in [-0.39, 0.29) is 18.8 Å². The molecule has 24 heavy (non-hydrogen) atoms. The summed E-state index contributed by atoms with van der Waals surface area (Å²) in [5.74, 6) is -0.516. The van der Waals surface area contributed by atoms with Gasteiger partial charge in [0, 0.05) is 16.7 Å². The van der Waals surface area contributed by atoms with E-state index < -0.39 is 5.97 Å². The van der Waals surface area contributed by atoms with Crippen LogP contribution in [0.5, 0.6) is 0 Å². The van der Waals surface area contributed by atoms with Gasteiger partial charge in [-0.15, -0.1) is 0 Å². The van der Waals surface area contributed by atoms with Crippen LogP contribution in [0.25, 0.3) is 5.65 Å². The van der Waals surface area contributed by atoms with Gasteiger partial charge in [-0.2, -0.15) is 0 Å². The largest absolute Gasteiger partial charge is 0.456 e. The van der Waals surface area contributed by atoms with Crippen molar-refractivity contribution in [2.45, 2.75) is 13.2 Å². The van der Waals surface area contributed by atoms with Gasteiger partial charge in [0.15, 0.2) is 0 Å².